The first-order chi connectivity index (χ1) is 14.1. The fourth-order valence-corrected chi connectivity index (χ4v) is 3.33. The molecule has 2 aromatic carbocycles. The van der Waals surface area contributed by atoms with Gasteiger partial charge in [-0.1, -0.05) is 30.3 Å². The highest BCUT2D eigenvalue weighted by Gasteiger charge is 2.11. The van der Waals surface area contributed by atoms with Gasteiger partial charge < -0.3 is 15.6 Å². The molecular weight excluding hydrogens is 362 g/mol. The van der Waals surface area contributed by atoms with Gasteiger partial charge in [-0.05, 0) is 55.7 Å². The maximum Gasteiger partial charge on any atom is 0.274 e. The molecule has 4 rings (SSSR count). The first kappa shape index (κ1) is 18.7. The number of rotatable bonds is 6. The summed E-state index contributed by atoms with van der Waals surface area (Å²) in [6, 6.07) is 17.6. The molecule has 0 atom stereocenters. The monoisotopic (exact) mass is 385 g/mol. The molecule has 0 radical (unpaired) electrons. The number of aryl methyl sites for hydroxylation is 2. The van der Waals surface area contributed by atoms with E-state index in [9.17, 15) is 4.79 Å². The second-order valence-corrected chi connectivity index (χ2v) is 7.08. The number of fused-ring (bicyclic) bond motifs is 1. The van der Waals surface area contributed by atoms with Crippen LogP contribution in [-0.2, 0) is 6.42 Å². The average Bonchev–Trinajstić information content (AvgIpc) is 3.11. The molecule has 4 aromatic rings. The zero-order chi connectivity index (χ0) is 20.2. The van der Waals surface area contributed by atoms with Gasteiger partial charge in [-0.2, -0.15) is 0 Å². The number of benzene rings is 2. The minimum Gasteiger partial charge on any atom is -0.361 e. The molecule has 0 spiro atoms. The first-order valence-corrected chi connectivity index (χ1v) is 9.61. The number of hydrogen-bond donors (Lipinski definition) is 3. The van der Waals surface area contributed by atoms with Crippen LogP contribution in [0.3, 0.4) is 0 Å². The quantitative estimate of drug-likeness (QED) is 0.457. The van der Waals surface area contributed by atoms with Crippen LogP contribution in [0.5, 0.6) is 0 Å². The molecule has 146 valence electrons. The number of carbonyl (C=O) groups is 1. The molecular formula is C23H23N5O. The van der Waals surface area contributed by atoms with Gasteiger partial charge in [-0.15, -0.1) is 0 Å². The van der Waals surface area contributed by atoms with E-state index in [2.05, 4.69) is 37.7 Å². The molecule has 0 saturated heterocycles. The lowest BCUT2D eigenvalue weighted by Gasteiger charge is -2.09. The normalized spacial score (nSPS) is 10.8. The van der Waals surface area contributed by atoms with Crippen molar-refractivity contribution in [1.29, 1.82) is 0 Å². The lowest BCUT2D eigenvalue weighted by Crippen LogP contribution is -2.17. The number of hydrogen-bond acceptors (Lipinski definition) is 4. The Kier molecular flexibility index (Phi) is 5.24. The summed E-state index contributed by atoms with van der Waals surface area (Å²) in [5.74, 6) is 0.208. The van der Waals surface area contributed by atoms with Gasteiger partial charge in [0.25, 0.3) is 5.91 Å². The summed E-state index contributed by atoms with van der Waals surface area (Å²) >= 11 is 0. The van der Waals surface area contributed by atoms with Crippen molar-refractivity contribution >= 4 is 28.4 Å². The molecule has 29 heavy (non-hydrogen) atoms. The molecule has 3 N–H and O–H groups in total. The van der Waals surface area contributed by atoms with Gasteiger partial charge in [-0.3, -0.25) is 4.79 Å². The Morgan fingerprint density at radius 3 is 2.76 bits per heavy atom. The van der Waals surface area contributed by atoms with Crippen molar-refractivity contribution in [2.75, 3.05) is 17.2 Å². The van der Waals surface area contributed by atoms with Crippen LogP contribution in [0.25, 0.3) is 10.9 Å². The van der Waals surface area contributed by atoms with Crippen molar-refractivity contribution in [3.63, 3.8) is 0 Å². The number of anilines is 2. The van der Waals surface area contributed by atoms with E-state index in [0.717, 1.165) is 28.9 Å². The Bertz CT molecular complexity index is 1160. The standard InChI is InChI=1S/C23H23N5O/c1-15-6-5-7-18(12-15)27-22(29)21-13-16(2)26-23(28-21)24-11-10-17-14-25-20-9-4-3-8-19(17)20/h3-9,12-14,25H,10-11H2,1-2H3,(H,27,29)(H,24,26,28). The van der Waals surface area contributed by atoms with Gasteiger partial charge in [-0.25, -0.2) is 9.97 Å². The predicted octanol–water partition coefficient (Wildman–Crippen LogP) is 4.48. The van der Waals surface area contributed by atoms with Crippen molar-refractivity contribution in [3.8, 4) is 0 Å². The van der Waals surface area contributed by atoms with Crippen molar-refractivity contribution < 1.29 is 4.79 Å². The highest BCUT2D eigenvalue weighted by atomic mass is 16.1. The van der Waals surface area contributed by atoms with E-state index in [-0.39, 0.29) is 5.91 Å². The summed E-state index contributed by atoms with van der Waals surface area (Å²) in [6.07, 6.45) is 2.86. The second kappa shape index (κ2) is 8.14. The number of nitrogens with zero attached hydrogens (tertiary/aromatic N) is 2. The smallest absolute Gasteiger partial charge is 0.274 e. The number of H-pyrrole nitrogens is 1. The molecule has 2 heterocycles. The molecule has 0 unspecified atom stereocenters. The van der Waals surface area contributed by atoms with E-state index in [1.165, 1.54) is 10.9 Å². The van der Waals surface area contributed by atoms with E-state index in [4.69, 9.17) is 0 Å². The Labute approximate surface area is 169 Å². The number of para-hydroxylation sites is 1. The van der Waals surface area contributed by atoms with Crippen LogP contribution < -0.4 is 10.6 Å². The molecule has 0 fully saturated rings. The van der Waals surface area contributed by atoms with E-state index < -0.39 is 0 Å². The second-order valence-electron chi connectivity index (χ2n) is 7.08. The van der Waals surface area contributed by atoms with Crippen LogP contribution in [0, 0.1) is 13.8 Å². The molecule has 6 heteroatoms. The van der Waals surface area contributed by atoms with Crippen molar-refractivity contribution in [3.05, 3.63) is 83.3 Å². The fourth-order valence-electron chi connectivity index (χ4n) is 3.33. The molecule has 6 nitrogen and oxygen atoms in total. The summed E-state index contributed by atoms with van der Waals surface area (Å²) in [5, 5.41) is 7.35. The first-order valence-electron chi connectivity index (χ1n) is 9.61. The molecule has 0 aliphatic rings. The molecule has 0 saturated carbocycles. The van der Waals surface area contributed by atoms with Gasteiger partial charge in [0.2, 0.25) is 5.95 Å². The van der Waals surface area contributed by atoms with Crippen LogP contribution in [0.4, 0.5) is 11.6 Å². The van der Waals surface area contributed by atoms with E-state index >= 15 is 0 Å². The Balaban J connectivity index is 1.43. The molecule has 2 aromatic heterocycles. The average molecular weight is 385 g/mol. The van der Waals surface area contributed by atoms with E-state index in [1.54, 1.807) is 6.07 Å². The van der Waals surface area contributed by atoms with Gasteiger partial charge in [0, 0.05) is 35.0 Å². The van der Waals surface area contributed by atoms with Crippen LogP contribution in [0.15, 0.2) is 60.8 Å². The topological polar surface area (TPSA) is 82.7 Å². The number of nitrogens with one attached hydrogen (secondary N) is 3. The third kappa shape index (κ3) is 4.43. The summed E-state index contributed by atoms with van der Waals surface area (Å²) in [6.45, 7) is 4.51. The summed E-state index contributed by atoms with van der Waals surface area (Å²) in [4.78, 5) is 24.7. The third-order valence-electron chi connectivity index (χ3n) is 4.72. The summed E-state index contributed by atoms with van der Waals surface area (Å²) in [5.41, 5.74) is 5.28. The number of carbonyl (C=O) groups excluding carboxylic acids is 1. The summed E-state index contributed by atoms with van der Waals surface area (Å²) in [7, 11) is 0. The van der Waals surface area contributed by atoms with Crippen molar-refractivity contribution in [1.82, 2.24) is 15.0 Å². The Hall–Kier alpha value is -3.67. The molecule has 0 bridgehead atoms. The Morgan fingerprint density at radius 1 is 1.03 bits per heavy atom. The zero-order valence-electron chi connectivity index (χ0n) is 16.5. The number of amides is 1. The van der Waals surface area contributed by atoms with Crippen LogP contribution in [0.2, 0.25) is 0 Å². The highest BCUT2D eigenvalue weighted by Crippen LogP contribution is 2.18. The fraction of sp³-hybridized carbons (Fsp3) is 0.174. The van der Waals surface area contributed by atoms with Gasteiger partial charge in [0.1, 0.15) is 5.69 Å². The van der Waals surface area contributed by atoms with Crippen molar-refractivity contribution in [2.45, 2.75) is 20.3 Å². The lowest BCUT2D eigenvalue weighted by atomic mass is 10.1. The lowest BCUT2D eigenvalue weighted by molar-refractivity contribution is 0.102. The molecule has 1 amide bonds. The third-order valence-corrected chi connectivity index (χ3v) is 4.72. The van der Waals surface area contributed by atoms with E-state index in [1.807, 2.05) is 56.4 Å². The predicted molar refractivity (Wildman–Crippen MR) is 116 cm³/mol. The van der Waals surface area contributed by atoms with Crippen LogP contribution in [-0.4, -0.2) is 27.4 Å². The van der Waals surface area contributed by atoms with Crippen LogP contribution >= 0.6 is 0 Å². The highest BCUT2D eigenvalue weighted by molar-refractivity contribution is 6.03. The largest absolute Gasteiger partial charge is 0.361 e. The van der Waals surface area contributed by atoms with Gasteiger partial charge in [0.15, 0.2) is 0 Å². The van der Waals surface area contributed by atoms with Gasteiger partial charge in [0.05, 0.1) is 0 Å². The maximum atomic E-state index is 12.6. The van der Waals surface area contributed by atoms with Gasteiger partial charge >= 0.3 is 0 Å². The van der Waals surface area contributed by atoms with Crippen LogP contribution in [0.1, 0.15) is 27.3 Å². The minimum absolute atomic E-state index is 0.249. The minimum atomic E-state index is -0.249. The Morgan fingerprint density at radius 2 is 1.90 bits per heavy atom. The van der Waals surface area contributed by atoms with E-state index in [0.29, 0.717) is 18.2 Å². The maximum absolute atomic E-state index is 12.6. The number of aromatic amines is 1. The van der Waals surface area contributed by atoms with Crippen molar-refractivity contribution in [2.24, 2.45) is 0 Å². The zero-order valence-corrected chi connectivity index (χ0v) is 16.5. The molecule has 0 aliphatic heterocycles. The SMILES string of the molecule is Cc1cccc(NC(=O)c2cc(C)nc(NCCc3c[nH]c4ccccc34)n2)c1. The molecule has 0 aliphatic carbocycles. The summed E-state index contributed by atoms with van der Waals surface area (Å²) < 4.78 is 0. The number of aromatic nitrogens is 3.